The van der Waals surface area contributed by atoms with E-state index in [-0.39, 0.29) is 17.3 Å². The average Bonchev–Trinajstić information content (AvgIpc) is 3.04. The molecule has 7 heteroatoms. The maximum absolute atomic E-state index is 13.9. The number of halogens is 2. The number of amides is 1. The lowest BCUT2D eigenvalue weighted by Gasteiger charge is -2.41. The van der Waals surface area contributed by atoms with E-state index >= 15 is 0 Å². The lowest BCUT2D eigenvalue weighted by molar-refractivity contribution is -0.0453. The Labute approximate surface area is 168 Å². The van der Waals surface area contributed by atoms with Gasteiger partial charge < -0.3 is 15.4 Å². The molecular weight excluding hydrogens is 376 g/mol. The van der Waals surface area contributed by atoms with Gasteiger partial charge in [-0.3, -0.25) is 9.69 Å². The Morgan fingerprint density at radius 2 is 1.86 bits per heavy atom. The van der Waals surface area contributed by atoms with E-state index in [9.17, 15) is 13.6 Å². The van der Waals surface area contributed by atoms with Gasteiger partial charge in [-0.15, -0.1) is 0 Å². The number of hydrogen-bond donors (Lipinski definition) is 2. The van der Waals surface area contributed by atoms with Gasteiger partial charge >= 0.3 is 0 Å². The highest BCUT2D eigenvalue weighted by molar-refractivity contribution is 6.02. The number of carbonyl (C=O) groups is 1. The molecule has 3 heterocycles. The molecule has 0 aliphatic carbocycles. The van der Waals surface area contributed by atoms with Gasteiger partial charge in [0.25, 0.3) is 5.91 Å². The minimum absolute atomic E-state index is 0.0842. The van der Waals surface area contributed by atoms with Crippen LogP contribution in [0.25, 0.3) is 0 Å². The second-order valence-corrected chi connectivity index (χ2v) is 8.37. The lowest BCUT2D eigenvalue weighted by atomic mass is 9.84. The number of hydrogen-bond acceptors (Lipinski definition) is 4. The third kappa shape index (κ3) is 3.38. The van der Waals surface area contributed by atoms with Crippen molar-refractivity contribution in [2.24, 2.45) is 0 Å². The summed E-state index contributed by atoms with van der Waals surface area (Å²) in [4.78, 5) is 14.7. The van der Waals surface area contributed by atoms with E-state index in [1.165, 1.54) is 12.1 Å². The predicted molar refractivity (Wildman–Crippen MR) is 104 cm³/mol. The zero-order valence-corrected chi connectivity index (χ0v) is 16.0. The number of ether oxygens (including phenoxy) is 1. The third-order valence-corrected chi connectivity index (χ3v) is 6.32. The van der Waals surface area contributed by atoms with E-state index in [1.807, 2.05) is 18.2 Å². The molecule has 2 spiro atoms. The SMILES string of the molecule is O=C1NC2(COC3(CCN(Cc4cc(F)ccc4F)CC3)C2)Nc2ccccc21. The number of benzene rings is 2. The molecule has 2 aromatic carbocycles. The van der Waals surface area contributed by atoms with E-state index in [0.717, 1.165) is 37.7 Å². The molecule has 0 bridgehead atoms. The molecule has 0 saturated carbocycles. The predicted octanol–water partition coefficient (Wildman–Crippen LogP) is 3.27. The maximum Gasteiger partial charge on any atom is 0.255 e. The summed E-state index contributed by atoms with van der Waals surface area (Å²) < 4.78 is 33.6. The Bertz CT molecular complexity index is 959. The Balaban J connectivity index is 1.26. The molecule has 29 heavy (non-hydrogen) atoms. The monoisotopic (exact) mass is 399 g/mol. The van der Waals surface area contributed by atoms with Crippen molar-refractivity contribution in [2.45, 2.75) is 37.1 Å². The van der Waals surface area contributed by atoms with Crippen molar-refractivity contribution in [3.05, 3.63) is 65.2 Å². The first-order valence-electron chi connectivity index (χ1n) is 9.96. The summed E-state index contributed by atoms with van der Waals surface area (Å²) in [6, 6.07) is 11.1. The van der Waals surface area contributed by atoms with Gasteiger partial charge in [0.1, 0.15) is 17.3 Å². The van der Waals surface area contributed by atoms with Gasteiger partial charge in [0, 0.05) is 37.3 Å². The van der Waals surface area contributed by atoms with Gasteiger partial charge in [-0.1, -0.05) is 12.1 Å². The molecule has 1 amide bonds. The molecule has 0 aromatic heterocycles. The molecular formula is C22H23F2N3O2. The minimum Gasteiger partial charge on any atom is -0.370 e. The van der Waals surface area contributed by atoms with Crippen LogP contribution in [-0.2, 0) is 11.3 Å². The van der Waals surface area contributed by atoms with Crippen LogP contribution in [0.15, 0.2) is 42.5 Å². The largest absolute Gasteiger partial charge is 0.370 e. The number of anilines is 1. The summed E-state index contributed by atoms with van der Waals surface area (Å²) in [6.45, 7) is 2.26. The molecule has 3 aliphatic heterocycles. The second-order valence-electron chi connectivity index (χ2n) is 8.37. The van der Waals surface area contributed by atoms with Crippen LogP contribution in [0.3, 0.4) is 0 Å². The van der Waals surface area contributed by atoms with Gasteiger partial charge in [-0.05, 0) is 43.2 Å². The molecule has 5 rings (SSSR count). The highest BCUT2D eigenvalue weighted by Gasteiger charge is 2.53. The van der Waals surface area contributed by atoms with Gasteiger partial charge in [0.15, 0.2) is 0 Å². The van der Waals surface area contributed by atoms with Crippen molar-refractivity contribution in [1.82, 2.24) is 10.2 Å². The molecule has 2 saturated heterocycles. The summed E-state index contributed by atoms with van der Waals surface area (Å²) in [5.74, 6) is -0.884. The Morgan fingerprint density at radius 1 is 1.07 bits per heavy atom. The van der Waals surface area contributed by atoms with Crippen LogP contribution in [0.2, 0.25) is 0 Å². The summed E-state index contributed by atoms with van der Waals surface area (Å²) >= 11 is 0. The van der Waals surface area contributed by atoms with Gasteiger partial charge in [-0.2, -0.15) is 0 Å². The first-order valence-corrected chi connectivity index (χ1v) is 9.96. The number of carbonyl (C=O) groups excluding carboxylic acids is 1. The topological polar surface area (TPSA) is 53.6 Å². The van der Waals surface area contributed by atoms with Crippen molar-refractivity contribution < 1.29 is 18.3 Å². The number of para-hydroxylation sites is 1. The van der Waals surface area contributed by atoms with E-state index in [4.69, 9.17) is 4.74 Å². The molecule has 2 aromatic rings. The van der Waals surface area contributed by atoms with E-state index in [2.05, 4.69) is 15.5 Å². The van der Waals surface area contributed by atoms with Gasteiger partial charge in [-0.25, -0.2) is 8.78 Å². The maximum atomic E-state index is 13.9. The van der Waals surface area contributed by atoms with Crippen LogP contribution in [0.1, 0.15) is 35.2 Å². The van der Waals surface area contributed by atoms with Crippen molar-refractivity contribution in [3.8, 4) is 0 Å². The highest BCUT2D eigenvalue weighted by Crippen LogP contribution is 2.43. The summed E-state index contributed by atoms with van der Waals surface area (Å²) in [6.07, 6.45) is 2.25. The van der Waals surface area contributed by atoms with Crippen LogP contribution >= 0.6 is 0 Å². The summed E-state index contributed by atoms with van der Waals surface area (Å²) in [5, 5.41) is 6.58. The number of piperidine rings is 1. The molecule has 1 atom stereocenters. The summed E-state index contributed by atoms with van der Waals surface area (Å²) in [5.41, 5.74) is 0.941. The van der Waals surface area contributed by atoms with E-state index in [0.29, 0.717) is 30.7 Å². The van der Waals surface area contributed by atoms with Crippen molar-refractivity contribution in [3.63, 3.8) is 0 Å². The van der Waals surface area contributed by atoms with Gasteiger partial charge in [0.2, 0.25) is 0 Å². The highest BCUT2D eigenvalue weighted by atomic mass is 19.1. The molecule has 3 aliphatic rings. The number of likely N-dealkylation sites (tertiary alicyclic amines) is 1. The van der Waals surface area contributed by atoms with Crippen molar-refractivity contribution in [2.75, 3.05) is 25.0 Å². The molecule has 5 nitrogen and oxygen atoms in total. The fourth-order valence-corrected chi connectivity index (χ4v) is 4.80. The zero-order chi connectivity index (χ0) is 20.1. The van der Waals surface area contributed by atoms with E-state index < -0.39 is 11.5 Å². The zero-order valence-electron chi connectivity index (χ0n) is 16.0. The lowest BCUT2D eigenvalue weighted by Crippen LogP contribution is -2.59. The standard InChI is InChI=1S/C22H23F2N3O2/c23-16-5-6-18(24)15(11-16)12-27-9-7-21(8-10-27)13-22(14-29-21)25-19-4-2-1-3-17(19)20(28)26-22/h1-6,11,25H,7-10,12-14H2,(H,26,28). The van der Waals surface area contributed by atoms with Crippen LogP contribution in [0.4, 0.5) is 14.5 Å². The molecule has 1 unspecified atom stereocenters. The first kappa shape index (κ1) is 18.5. The van der Waals surface area contributed by atoms with E-state index in [1.54, 1.807) is 6.07 Å². The molecule has 2 N–H and O–H groups in total. The Hall–Kier alpha value is -2.51. The van der Waals surface area contributed by atoms with Crippen molar-refractivity contribution in [1.29, 1.82) is 0 Å². The Kier molecular flexibility index (Phi) is 4.33. The summed E-state index contributed by atoms with van der Waals surface area (Å²) in [7, 11) is 0. The normalized spacial score (nSPS) is 25.7. The molecule has 0 radical (unpaired) electrons. The quantitative estimate of drug-likeness (QED) is 0.814. The number of nitrogens with zero attached hydrogens (tertiary/aromatic N) is 1. The molecule has 2 fully saturated rings. The number of nitrogens with one attached hydrogen (secondary N) is 2. The van der Waals surface area contributed by atoms with Gasteiger partial charge in [0.05, 0.1) is 17.8 Å². The smallest absolute Gasteiger partial charge is 0.255 e. The Morgan fingerprint density at radius 3 is 2.69 bits per heavy atom. The van der Waals surface area contributed by atoms with Crippen molar-refractivity contribution >= 4 is 11.6 Å². The fraction of sp³-hybridized carbons (Fsp3) is 0.409. The second kappa shape index (κ2) is 6.78. The van der Waals surface area contributed by atoms with Crippen LogP contribution in [0, 0.1) is 11.6 Å². The third-order valence-electron chi connectivity index (χ3n) is 6.32. The number of fused-ring (bicyclic) bond motifs is 1. The molecule has 152 valence electrons. The van der Waals surface area contributed by atoms with Crippen LogP contribution < -0.4 is 10.6 Å². The van der Waals surface area contributed by atoms with Crippen LogP contribution in [0.5, 0.6) is 0 Å². The van der Waals surface area contributed by atoms with Crippen LogP contribution in [-0.4, -0.2) is 41.8 Å². The first-order chi connectivity index (χ1) is 14.0. The number of rotatable bonds is 2. The average molecular weight is 399 g/mol. The fourth-order valence-electron chi connectivity index (χ4n) is 4.80. The minimum atomic E-state index is -0.595.